The zero-order chi connectivity index (χ0) is 17.8. The summed E-state index contributed by atoms with van der Waals surface area (Å²) in [6, 6.07) is 13.1. The molecule has 2 aromatic rings. The summed E-state index contributed by atoms with van der Waals surface area (Å²) in [4.78, 5) is 14.2. The number of phenols is 1. The van der Waals surface area contributed by atoms with Crippen molar-refractivity contribution in [1.82, 2.24) is 4.90 Å². The van der Waals surface area contributed by atoms with Gasteiger partial charge in [-0.1, -0.05) is 24.3 Å². The predicted molar refractivity (Wildman–Crippen MR) is 98.3 cm³/mol. The Hall–Kier alpha value is -2.34. The highest BCUT2D eigenvalue weighted by Gasteiger charge is 2.34. The molecule has 3 rings (SSSR count). The van der Waals surface area contributed by atoms with Crippen molar-refractivity contribution in [3.63, 3.8) is 0 Å². The summed E-state index contributed by atoms with van der Waals surface area (Å²) in [6.45, 7) is 0.600. The van der Waals surface area contributed by atoms with Gasteiger partial charge in [0.05, 0.1) is 20.0 Å². The second kappa shape index (κ2) is 7.70. The maximum atomic E-state index is 12.4. The second-order valence-electron chi connectivity index (χ2n) is 5.75. The van der Waals surface area contributed by atoms with Gasteiger partial charge < -0.3 is 19.5 Å². The summed E-state index contributed by atoms with van der Waals surface area (Å²) in [6.07, 6.45) is 0.689. The van der Waals surface area contributed by atoms with Crippen LogP contribution in [0.5, 0.6) is 17.2 Å². The summed E-state index contributed by atoms with van der Waals surface area (Å²) in [5.41, 5.74) is 2.03. The van der Waals surface area contributed by atoms with Crippen LogP contribution in [0, 0.1) is 0 Å². The second-order valence-corrected chi connectivity index (χ2v) is 6.82. The number of thioether (sulfide) groups is 1. The maximum Gasteiger partial charge on any atom is 0.233 e. The van der Waals surface area contributed by atoms with Crippen LogP contribution in [0.25, 0.3) is 0 Å². The lowest BCUT2D eigenvalue weighted by Crippen LogP contribution is -2.30. The quantitative estimate of drug-likeness (QED) is 0.858. The van der Waals surface area contributed by atoms with Crippen molar-refractivity contribution in [3.05, 3.63) is 53.6 Å². The largest absolute Gasteiger partial charge is 0.504 e. The minimum absolute atomic E-state index is 0.0392. The predicted octanol–water partition coefficient (Wildman–Crippen LogP) is 3.23. The normalized spacial score (nSPS) is 17.0. The highest BCUT2D eigenvalue weighted by atomic mass is 32.2. The fourth-order valence-electron chi connectivity index (χ4n) is 2.95. The van der Waals surface area contributed by atoms with Crippen LogP contribution in [-0.4, -0.2) is 42.4 Å². The molecular weight excluding hydrogens is 338 g/mol. The number of aromatic hydroxyl groups is 1. The molecule has 6 heteroatoms. The van der Waals surface area contributed by atoms with Gasteiger partial charge in [0.25, 0.3) is 0 Å². The number of hydrogen-bond acceptors (Lipinski definition) is 5. The average Bonchev–Trinajstić information content (AvgIpc) is 3.01. The lowest BCUT2D eigenvalue weighted by Gasteiger charge is -2.25. The Morgan fingerprint density at radius 1 is 1.16 bits per heavy atom. The van der Waals surface area contributed by atoms with Gasteiger partial charge in [0.1, 0.15) is 11.1 Å². The van der Waals surface area contributed by atoms with E-state index < -0.39 is 0 Å². The van der Waals surface area contributed by atoms with Gasteiger partial charge in [0, 0.05) is 12.1 Å². The molecule has 0 radical (unpaired) electrons. The van der Waals surface area contributed by atoms with Crippen LogP contribution >= 0.6 is 11.8 Å². The molecule has 0 saturated carbocycles. The van der Waals surface area contributed by atoms with E-state index in [9.17, 15) is 9.90 Å². The molecule has 1 saturated heterocycles. The molecule has 1 heterocycles. The summed E-state index contributed by atoms with van der Waals surface area (Å²) in [5.74, 6) is 1.96. The van der Waals surface area contributed by atoms with Crippen LogP contribution < -0.4 is 9.47 Å². The van der Waals surface area contributed by atoms with Crippen molar-refractivity contribution < 1.29 is 19.4 Å². The van der Waals surface area contributed by atoms with Gasteiger partial charge in [-0.2, -0.15) is 0 Å². The summed E-state index contributed by atoms with van der Waals surface area (Å²) >= 11 is 1.62. The summed E-state index contributed by atoms with van der Waals surface area (Å²) in [5, 5.41) is 9.66. The van der Waals surface area contributed by atoms with Crippen molar-refractivity contribution >= 4 is 17.7 Å². The number of rotatable bonds is 6. The van der Waals surface area contributed by atoms with Gasteiger partial charge in [-0.05, 0) is 30.2 Å². The van der Waals surface area contributed by atoms with E-state index in [1.165, 1.54) is 7.11 Å². The molecule has 1 amide bonds. The number of methoxy groups -OCH3 is 2. The molecule has 0 aromatic heterocycles. The number of ether oxygens (including phenoxy) is 2. The third-order valence-electron chi connectivity index (χ3n) is 4.26. The average molecular weight is 359 g/mol. The number of hydrogen-bond donors (Lipinski definition) is 1. The van der Waals surface area contributed by atoms with Crippen molar-refractivity contribution in [2.45, 2.75) is 11.8 Å². The van der Waals surface area contributed by atoms with Crippen molar-refractivity contribution in [2.24, 2.45) is 0 Å². The Labute approximate surface area is 151 Å². The minimum atomic E-state index is -0.0392. The number of carbonyl (C=O) groups is 1. The Bertz CT molecular complexity index is 765. The number of carbonyl (C=O) groups excluding carboxylic acids is 1. The van der Waals surface area contributed by atoms with Crippen molar-refractivity contribution in [2.75, 3.05) is 26.5 Å². The Balaban J connectivity index is 1.77. The van der Waals surface area contributed by atoms with Crippen LogP contribution in [0.15, 0.2) is 42.5 Å². The van der Waals surface area contributed by atoms with Gasteiger partial charge >= 0.3 is 0 Å². The number of para-hydroxylation sites is 1. The fraction of sp³-hybridized carbons (Fsp3) is 0.316. The zero-order valence-electron chi connectivity index (χ0n) is 14.3. The molecule has 5 nitrogen and oxygen atoms in total. The fourth-order valence-corrected chi connectivity index (χ4v) is 4.19. The van der Waals surface area contributed by atoms with E-state index in [-0.39, 0.29) is 17.0 Å². The number of nitrogens with zero attached hydrogens (tertiary/aromatic N) is 1. The summed E-state index contributed by atoms with van der Waals surface area (Å²) in [7, 11) is 3.17. The smallest absolute Gasteiger partial charge is 0.233 e. The Morgan fingerprint density at radius 3 is 2.68 bits per heavy atom. The van der Waals surface area contributed by atoms with E-state index >= 15 is 0 Å². The van der Waals surface area contributed by atoms with Gasteiger partial charge in [0.15, 0.2) is 11.5 Å². The van der Waals surface area contributed by atoms with Crippen LogP contribution in [0.2, 0.25) is 0 Å². The minimum Gasteiger partial charge on any atom is -0.504 e. The number of amides is 1. The summed E-state index contributed by atoms with van der Waals surface area (Å²) < 4.78 is 10.6. The van der Waals surface area contributed by atoms with Gasteiger partial charge in [-0.15, -0.1) is 11.8 Å². The first-order valence-corrected chi connectivity index (χ1v) is 9.08. The van der Waals surface area contributed by atoms with Crippen LogP contribution in [0.1, 0.15) is 16.5 Å². The van der Waals surface area contributed by atoms with E-state index in [4.69, 9.17) is 9.47 Å². The van der Waals surface area contributed by atoms with E-state index in [1.54, 1.807) is 31.0 Å². The first-order valence-electron chi connectivity index (χ1n) is 8.04. The molecule has 0 aliphatic carbocycles. The topological polar surface area (TPSA) is 59.0 Å². The molecular formula is C19H21NO4S. The van der Waals surface area contributed by atoms with Crippen LogP contribution in [-0.2, 0) is 11.2 Å². The van der Waals surface area contributed by atoms with Gasteiger partial charge in [-0.25, -0.2) is 0 Å². The maximum absolute atomic E-state index is 12.4. The highest BCUT2D eigenvalue weighted by Crippen LogP contribution is 2.42. The van der Waals surface area contributed by atoms with Crippen LogP contribution in [0.3, 0.4) is 0 Å². The first kappa shape index (κ1) is 17.5. The third kappa shape index (κ3) is 3.69. The lowest BCUT2D eigenvalue weighted by molar-refractivity contribution is -0.128. The van der Waals surface area contributed by atoms with E-state index in [0.29, 0.717) is 24.5 Å². The van der Waals surface area contributed by atoms with Crippen molar-refractivity contribution in [3.8, 4) is 17.2 Å². The standard InChI is InChI=1S/C19H21NO4S/c1-23-16-6-4-3-5-14(16)19-20(18(22)12-25-19)10-9-13-7-8-15(21)17(11-13)24-2/h3-8,11,19,21H,9-10,12H2,1-2H3. The number of benzene rings is 2. The van der Waals surface area contributed by atoms with Crippen LogP contribution in [0.4, 0.5) is 0 Å². The van der Waals surface area contributed by atoms with E-state index in [1.807, 2.05) is 35.2 Å². The Morgan fingerprint density at radius 2 is 1.92 bits per heavy atom. The molecule has 0 spiro atoms. The molecule has 1 atom stereocenters. The van der Waals surface area contributed by atoms with E-state index in [2.05, 4.69) is 0 Å². The molecule has 1 aliphatic rings. The molecule has 1 aliphatic heterocycles. The highest BCUT2D eigenvalue weighted by molar-refractivity contribution is 8.00. The number of phenolic OH excluding ortho intramolecular Hbond substituents is 1. The lowest BCUT2D eigenvalue weighted by atomic mass is 10.1. The van der Waals surface area contributed by atoms with Gasteiger partial charge in [0.2, 0.25) is 5.91 Å². The van der Waals surface area contributed by atoms with E-state index in [0.717, 1.165) is 16.9 Å². The molecule has 132 valence electrons. The zero-order valence-corrected chi connectivity index (χ0v) is 15.1. The molecule has 1 N–H and O–H groups in total. The Kier molecular flexibility index (Phi) is 5.38. The monoisotopic (exact) mass is 359 g/mol. The molecule has 1 fully saturated rings. The first-order chi connectivity index (χ1) is 12.1. The molecule has 25 heavy (non-hydrogen) atoms. The molecule has 2 aromatic carbocycles. The third-order valence-corrected chi connectivity index (χ3v) is 5.50. The SMILES string of the molecule is COc1cc(CCN2C(=O)CSC2c2ccccc2OC)ccc1O. The molecule has 0 bridgehead atoms. The molecule has 1 unspecified atom stereocenters. The van der Waals surface area contributed by atoms with Crippen molar-refractivity contribution in [1.29, 1.82) is 0 Å². The van der Waals surface area contributed by atoms with Gasteiger partial charge in [-0.3, -0.25) is 4.79 Å².